The average molecular weight is 356 g/mol. The zero-order chi connectivity index (χ0) is 17.6. The highest BCUT2D eigenvalue weighted by Crippen LogP contribution is 2.37. The molecule has 0 radical (unpaired) electrons. The van der Waals surface area contributed by atoms with Crippen molar-refractivity contribution in [3.8, 4) is 11.5 Å². The number of hydrogen-bond acceptors (Lipinski definition) is 5. The van der Waals surface area contributed by atoms with Gasteiger partial charge in [0.1, 0.15) is 13.2 Å². The number of benzene rings is 1. The third-order valence-electron chi connectivity index (χ3n) is 4.05. The van der Waals surface area contributed by atoms with Crippen LogP contribution in [0.15, 0.2) is 12.1 Å². The lowest BCUT2D eigenvalue weighted by atomic mass is 10.1. The summed E-state index contributed by atoms with van der Waals surface area (Å²) in [5, 5.41) is 3.04. The SMILES string of the molecule is Cc1c(NCCCCCNS(=O)(=O)C(C)C)ccc2c1OCCO2. The normalized spacial score (nSPS) is 14.0. The van der Waals surface area contributed by atoms with Crippen LogP contribution in [-0.4, -0.2) is 40.0 Å². The van der Waals surface area contributed by atoms with Gasteiger partial charge in [0.15, 0.2) is 11.5 Å². The Labute approximate surface area is 145 Å². The third kappa shape index (κ3) is 5.01. The molecule has 1 aliphatic heterocycles. The predicted octanol–water partition coefficient (Wildman–Crippen LogP) is 2.68. The molecule has 6 nitrogen and oxygen atoms in total. The summed E-state index contributed by atoms with van der Waals surface area (Å²) in [6.45, 7) is 7.92. The van der Waals surface area contributed by atoms with Gasteiger partial charge in [-0.25, -0.2) is 13.1 Å². The molecule has 0 fully saturated rings. The van der Waals surface area contributed by atoms with Gasteiger partial charge in [0, 0.05) is 24.3 Å². The second-order valence-electron chi connectivity index (χ2n) is 6.24. The molecule has 1 heterocycles. The Morgan fingerprint density at radius 1 is 1.08 bits per heavy atom. The lowest BCUT2D eigenvalue weighted by Crippen LogP contribution is -2.31. The highest BCUT2D eigenvalue weighted by atomic mass is 32.2. The molecule has 2 N–H and O–H groups in total. The van der Waals surface area contributed by atoms with Crippen LogP contribution in [0.3, 0.4) is 0 Å². The molecule has 0 aromatic heterocycles. The van der Waals surface area contributed by atoms with Crippen LogP contribution in [0.4, 0.5) is 5.69 Å². The molecular weight excluding hydrogens is 328 g/mol. The monoisotopic (exact) mass is 356 g/mol. The van der Waals surface area contributed by atoms with E-state index in [9.17, 15) is 8.42 Å². The average Bonchev–Trinajstić information content (AvgIpc) is 2.56. The van der Waals surface area contributed by atoms with Gasteiger partial charge in [-0.15, -0.1) is 0 Å². The standard InChI is InChI=1S/C17H28N2O4S/c1-13(2)24(20,21)19-10-6-4-5-9-18-15-7-8-16-17(14(15)3)23-12-11-22-16/h7-8,13,18-19H,4-6,9-12H2,1-3H3. The van der Waals surface area contributed by atoms with E-state index in [4.69, 9.17) is 9.47 Å². The summed E-state index contributed by atoms with van der Waals surface area (Å²) in [5.41, 5.74) is 2.12. The van der Waals surface area contributed by atoms with Crippen LogP contribution < -0.4 is 19.5 Å². The Morgan fingerprint density at radius 2 is 1.79 bits per heavy atom. The first kappa shape index (κ1) is 18.9. The maximum atomic E-state index is 11.6. The van der Waals surface area contributed by atoms with Crippen molar-refractivity contribution in [3.05, 3.63) is 17.7 Å². The fraction of sp³-hybridized carbons (Fsp3) is 0.647. The van der Waals surface area contributed by atoms with Crippen LogP contribution in [0.1, 0.15) is 38.7 Å². The van der Waals surface area contributed by atoms with E-state index in [0.29, 0.717) is 19.8 Å². The molecule has 0 amide bonds. The van der Waals surface area contributed by atoms with E-state index in [1.807, 2.05) is 19.1 Å². The number of hydrogen-bond donors (Lipinski definition) is 2. The van der Waals surface area contributed by atoms with E-state index < -0.39 is 10.0 Å². The van der Waals surface area contributed by atoms with Crippen molar-refractivity contribution < 1.29 is 17.9 Å². The molecule has 136 valence electrons. The van der Waals surface area contributed by atoms with Crippen molar-refractivity contribution in [1.29, 1.82) is 0 Å². The lowest BCUT2D eigenvalue weighted by Gasteiger charge is -2.22. The van der Waals surface area contributed by atoms with Gasteiger partial charge in [0.2, 0.25) is 10.0 Å². The van der Waals surface area contributed by atoms with E-state index in [1.54, 1.807) is 13.8 Å². The Balaban J connectivity index is 1.68. The summed E-state index contributed by atoms with van der Waals surface area (Å²) < 4.78 is 37.1. The maximum Gasteiger partial charge on any atom is 0.213 e. The van der Waals surface area contributed by atoms with Crippen molar-refractivity contribution in [2.45, 2.75) is 45.3 Å². The van der Waals surface area contributed by atoms with Crippen molar-refractivity contribution in [2.24, 2.45) is 0 Å². The predicted molar refractivity (Wildman–Crippen MR) is 96.6 cm³/mol. The Kier molecular flexibility index (Phi) is 6.74. The summed E-state index contributed by atoms with van der Waals surface area (Å²) in [4.78, 5) is 0. The van der Waals surface area contributed by atoms with Crippen molar-refractivity contribution in [3.63, 3.8) is 0 Å². The number of ether oxygens (including phenoxy) is 2. The van der Waals surface area contributed by atoms with Crippen molar-refractivity contribution >= 4 is 15.7 Å². The fourth-order valence-corrected chi connectivity index (χ4v) is 3.24. The maximum absolute atomic E-state index is 11.6. The van der Waals surface area contributed by atoms with Gasteiger partial charge in [-0.2, -0.15) is 0 Å². The van der Waals surface area contributed by atoms with Gasteiger partial charge in [0.25, 0.3) is 0 Å². The van der Waals surface area contributed by atoms with Crippen LogP contribution >= 0.6 is 0 Å². The number of unbranched alkanes of at least 4 members (excludes halogenated alkanes) is 2. The largest absolute Gasteiger partial charge is 0.486 e. The molecule has 0 spiro atoms. The molecule has 0 aliphatic carbocycles. The highest BCUT2D eigenvalue weighted by molar-refractivity contribution is 7.90. The van der Waals surface area contributed by atoms with E-state index >= 15 is 0 Å². The molecule has 2 rings (SSSR count). The fourth-order valence-electron chi connectivity index (χ4n) is 2.48. The van der Waals surface area contributed by atoms with Crippen LogP contribution in [0.5, 0.6) is 11.5 Å². The smallest absolute Gasteiger partial charge is 0.213 e. The summed E-state index contributed by atoms with van der Waals surface area (Å²) in [6.07, 6.45) is 2.79. The number of sulfonamides is 1. The second-order valence-corrected chi connectivity index (χ2v) is 8.56. The molecule has 1 aromatic rings. The third-order valence-corrected chi connectivity index (χ3v) is 5.90. The van der Waals surface area contributed by atoms with E-state index in [1.165, 1.54) is 0 Å². The van der Waals surface area contributed by atoms with Crippen LogP contribution in [-0.2, 0) is 10.0 Å². The Hall–Kier alpha value is -1.47. The number of anilines is 1. The Morgan fingerprint density at radius 3 is 2.54 bits per heavy atom. The van der Waals surface area contributed by atoms with Crippen LogP contribution in [0.2, 0.25) is 0 Å². The van der Waals surface area contributed by atoms with Crippen LogP contribution in [0, 0.1) is 6.92 Å². The summed E-state index contributed by atoms with van der Waals surface area (Å²) in [5.74, 6) is 1.64. The summed E-state index contributed by atoms with van der Waals surface area (Å²) in [7, 11) is -3.14. The van der Waals surface area contributed by atoms with E-state index in [2.05, 4.69) is 10.0 Å². The minimum Gasteiger partial charge on any atom is -0.486 e. The summed E-state index contributed by atoms with van der Waals surface area (Å²) >= 11 is 0. The van der Waals surface area contributed by atoms with Gasteiger partial charge in [-0.3, -0.25) is 0 Å². The highest BCUT2D eigenvalue weighted by Gasteiger charge is 2.16. The number of nitrogens with one attached hydrogen (secondary N) is 2. The number of fused-ring (bicyclic) bond motifs is 1. The van der Waals surface area contributed by atoms with Crippen LogP contribution in [0.25, 0.3) is 0 Å². The first-order valence-electron chi connectivity index (χ1n) is 8.53. The molecule has 0 saturated heterocycles. The quantitative estimate of drug-likeness (QED) is 0.665. The molecular formula is C17H28N2O4S. The van der Waals surface area contributed by atoms with Gasteiger partial charge in [0.05, 0.1) is 5.25 Å². The van der Waals surface area contributed by atoms with Gasteiger partial charge in [-0.05, 0) is 45.7 Å². The zero-order valence-corrected chi connectivity index (χ0v) is 15.5. The topological polar surface area (TPSA) is 76.7 Å². The minimum absolute atomic E-state index is 0.377. The minimum atomic E-state index is -3.14. The molecule has 1 aliphatic rings. The van der Waals surface area contributed by atoms with Gasteiger partial charge in [-0.1, -0.05) is 6.42 Å². The molecule has 1 aromatic carbocycles. The Bertz CT molecular complexity index is 644. The van der Waals surface area contributed by atoms with Gasteiger partial charge >= 0.3 is 0 Å². The van der Waals surface area contributed by atoms with Crippen molar-refractivity contribution in [2.75, 3.05) is 31.6 Å². The van der Waals surface area contributed by atoms with E-state index in [0.717, 1.165) is 48.6 Å². The van der Waals surface area contributed by atoms with E-state index in [-0.39, 0.29) is 5.25 Å². The number of rotatable bonds is 9. The molecule has 7 heteroatoms. The molecule has 0 atom stereocenters. The molecule has 0 bridgehead atoms. The molecule has 24 heavy (non-hydrogen) atoms. The summed E-state index contributed by atoms with van der Waals surface area (Å²) in [6, 6.07) is 3.95. The molecule has 0 saturated carbocycles. The molecule has 0 unspecified atom stereocenters. The van der Waals surface area contributed by atoms with Gasteiger partial charge < -0.3 is 14.8 Å². The zero-order valence-electron chi connectivity index (χ0n) is 14.7. The first-order valence-corrected chi connectivity index (χ1v) is 10.1. The second kappa shape index (κ2) is 8.58. The first-order chi connectivity index (χ1) is 11.4. The van der Waals surface area contributed by atoms with Crippen molar-refractivity contribution in [1.82, 2.24) is 4.72 Å². The lowest BCUT2D eigenvalue weighted by molar-refractivity contribution is 0.170.